The second-order valence-corrected chi connectivity index (χ2v) is 10.7. The molecule has 0 unspecified atom stereocenters. The Morgan fingerprint density at radius 2 is 1.38 bits per heavy atom. The van der Waals surface area contributed by atoms with Crippen LogP contribution >= 0.6 is 0 Å². The number of anilines is 1. The molecule has 42 heavy (non-hydrogen) atoms. The van der Waals surface area contributed by atoms with Crippen LogP contribution < -0.4 is 27.2 Å². The number of nitrogens with two attached hydrogens (primary N) is 2. The zero-order chi connectivity index (χ0) is 32.0. The Kier molecular flexibility index (Phi) is 14.4. The van der Waals surface area contributed by atoms with E-state index in [1.807, 2.05) is 4.90 Å². The molecule has 0 spiro atoms. The number of carbonyl (C=O) groups excluding carboxylic acids is 1. The Hall–Kier alpha value is -4.21. The summed E-state index contributed by atoms with van der Waals surface area (Å²) in [5.41, 5.74) is 10.3. The van der Waals surface area contributed by atoms with Crippen molar-refractivity contribution in [3.05, 3.63) is 80.4 Å². The number of guanidine groups is 1. The van der Waals surface area contributed by atoms with E-state index in [-0.39, 0.29) is 39.4 Å². The minimum atomic E-state index is -3.47. The predicted molar refractivity (Wildman–Crippen MR) is 149 cm³/mol. The molecule has 0 radical (unpaired) electrons. The number of nitrogens with zero attached hydrogens (tertiary/aromatic N) is 2. The number of sulfone groups is 1. The second kappa shape index (κ2) is 16.9. The Bertz CT molecular complexity index is 1550. The zero-order valence-electron chi connectivity index (χ0n) is 23.1. The van der Waals surface area contributed by atoms with E-state index >= 15 is 0 Å². The zero-order valence-corrected chi connectivity index (χ0v) is 25.4. The van der Waals surface area contributed by atoms with Gasteiger partial charge in [0.1, 0.15) is 11.5 Å². The monoisotopic (exact) mass is 643 g/mol. The fourth-order valence-corrected chi connectivity index (χ4v) is 4.45. The first-order valence-electron chi connectivity index (χ1n) is 12.2. The van der Waals surface area contributed by atoms with Crippen LogP contribution in [0.1, 0.15) is 41.1 Å². The number of benzene rings is 1. The molecule has 4 rings (SSSR count). The summed E-state index contributed by atoms with van der Waals surface area (Å²) in [4.78, 5) is 38.5. The number of aromatic hydroxyl groups is 2. The molecular weight excluding hydrogens is 611 g/mol. The van der Waals surface area contributed by atoms with Crippen molar-refractivity contribution < 1.29 is 53.3 Å². The summed E-state index contributed by atoms with van der Waals surface area (Å²) in [6, 6.07) is 6.88. The van der Waals surface area contributed by atoms with E-state index in [0.717, 1.165) is 56.0 Å². The SMILES string of the molecule is CS(=O)(=O)c1cc(C(=O)N=C(N)N)ccc1N1CCCCC1.Cc1occc(=O)c1O.Cc1occc(=O)c1O.[O]=[V]. The fourth-order valence-electron chi connectivity index (χ4n) is 3.53. The molecule has 1 saturated heterocycles. The van der Waals surface area contributed by atoms with E-state index in [4.69, 9.17) is 25.4 Å². The summed E-state index contributed by atoms with van der Waals surface area (Å²) >= 11 is 1.06. The average Bonchev–Trinajstić information content (AvgIpc) is 2.95. The molecule has 14 nitrogen and oxygen atoms in total. The van der Waals surface area contributed by atoms with Crippen LogP contribution in [0.5, 0.6) is 11.5 Å². The maximum atomic E-state index is 12.1. The number of amides is 1. The number of hydrogen-bond acceptors (Lipinski definition) is 11. The Balaban J connectivity index is 0.000000361. The van der Waals surface area contributed by atoms with Gasteiger partial charge in [0, 0.05) is 37.0 Å². The summed E-state index contributed by atoms with van der Waals surface area (Å²) < 4.78 is 41.7. The molecule has 1 fully saturated rings. The Morgan fingerprint density at radius 1 is 0.905 bits per heavy atom. The minimum absolute atomic E-state index is 0.131. The quantitative estimate of drug-likeness (QED) is 0.235. The van der Waals surface area contributed by atoms with E-state index in [0.29, 0.717) is 5.69 Å². The summed E-state index contributed by atoms with van der Waals surface area (Å²) in [7, 11) is -3.47. The summed E-state index contributed by atoms with van der Waals surface area (Å²) in [6.07, 6.45) is 6.82. The summed E-state index contributed by atoms with van der Waals surface area (Å²) in [5.74, 6) is -1.12. The van der Waals surface area contributed by atoms with Gasteiger partial charge in [-0.2, -0.15) is 4.99 Å². The molecule has 1 aliphatic heterocycles. The van der Waals surface area contributed by atoms with Gasteiger partial charge in [-0.3, -0.25) is 14.4 Å². The Labute approximate surface area is 250 Å². The molecule has 2 aromatic heterocycles. The van der Waals surface area contributed by atoms with E-state index in [2.05, 4.69) is 13.8 Å². The standard InChI is InChI=1S/C14H20N4O3S.2C6H6O3.O.V/c1-22(20,21)12-9-10(13(19)17-14(15)16)5-6-11(12)18-7-3-2-4-8-18;2*1-4-6(8)5(7)2-3-9-4;;/h5-6,9H,2-4,7-8H2,1H3,(H4,15,16,17,19);2*2-3,8H,1H3;;. The molecule has 0 aliphatic carbocycles. The molecule has 16 heteroatoms. The van der Waals surface area contributed by atoms with Crippen molar-refractivity contribution in [2.45, 2.75) is 38.0 Å². The van der Waals surface area contributed by atoms with Crippen molar-refractivity contribution in [2.75, 3.05) is 24.2 Å². The van der Waals surface area contributed by atoms with E-state index in [9.17, 15) is 22.8 Å². The number of aliphatic imine (C=N–C) groups is 1. The van der Waals surface area contributed by atoms with Crippen LogP contribution in [0.4, 0.5) is 5.69 Å². The van der Waals surface area contributed by atoms with Gasteiger partial charge >= 0.3 is 21.0 Å². The van der Waals surface area contributed by atoms with Crippen LogP contribution in [0.15, 0.2) is 71.2 Å². The van der Waals surface area contributed by atoms with E-state index in [1.54, 1.807) is 12.1 Å². The third-order valence-corrected chi connectivity index (χ3v) is 6.72. The maximum absolute atomic E-state index is 12.1. The Morgan fingerprint density at radius 3 is 1.76 bits per heavy atom. The van der Waals surface area contributed by atoms with Crippen LogP contribution in [0.25, 0.3) is 0 Å². The molecule has 6 N–H and O–H groups in total. The molecular formula is C26H32N4O10SV. The van der Waals surface area contributed by atoms with Gasteiger partial charge in [-0.25, -0.2) is 8.42 Å². The van der Waals surface area contributed by atoms with E-state index < -0.39 is 26.6 Å². The molecule has 1 aromatic carbocycles. The van der Waals surface area contributed by atoms with Gasteiger partial charge in [-0.15, -0.1) is 0 Å². The number of piperidine rings is 1. The molecule has 3 heterocycles. The first-order chi connectivity index (χ1) is 19.7. The molecule has 0 atom stereocenters. The third-order valence-electron chi connectivity index (χ3n) is 5.60. The fraction of sp³-hybridized carbons (Fsp3) is 0.308. The average molecular weight is 644 g/mol. The molecule has 1 aliphatic rings. The van der Waals surface area contributed by atoms with Crippen LogP contribution in [-0.2, 0) is 30.9 Å². The number of rotatable bonds is 3. The van der Waals surface area contributed by atoms with Crippen LogP contribution in [0.3, 0.4) is 0 Å². The van der Waals surface area contributed by atoms with Crippen LogP contribution in [0.2, 0.25) is 0 Å². The van der Waals surface area contributed by atoms with Gasteiger partial charge in [0.15, 0.2) is 15.8 Å². The number of carbonyl (C=O) groups is 1. The van der Waals surface area contributed by atoms with Gasteiger partial charge in [-0.1, -0.05) is 0 Å². The molecule has 227 valence electrons. The summed E-state index contributed by atoms with van der Waals surface area (Å²) in [5, 5.41) is 17.6. The first-order valence-corrected chi connectivity index (χ1v) is 14.6. The van der Waals surface area contributed by atoms with Crippen molar-refractivity contribution in [3.63, 3.8) is 0 Å². The van der Waals surface area contributed by atoms with Gasteiger partial charge in [-0.05, 0) is 51.3 Å². The molecule has 1 amide bonds. The predicted octanol–water partition coefficient (Wildman–Crippen LogP) is 1.68. The first kappa shape index (κ1) is 35.8. The second-order valence-electron chi connectivity index (χ2n) is 8.72. The van der Waals surface area contributed by atoms with Crippen LogP contribution in [0, 0.1) is 13.8 Å². The third kappa shape index (κ3) is 11.0. The van der Waals surface area contributed by atoms with Crippen molar-refractivity contribution in [2.24, 2.45) is 16.5 Å². The van der Waals surface area contributed by atoms with Crippen molar-refractivity contribution >= 4 is 27.4 Å². The van der Waals surface area contributed by atoms with Crippen LogP contribution in [-0.4, -0.2) is 49.8 Å². The topological polar surface area (TPSA) is 237 Å². The number of aryl methyl sites for hydroxylation is 2. The van der Waals surface area contributed by atoms with Gasteiger partial charge in [0.2, 0.25) is 22.4 Å². The van der Waals surface area contributed by atoms with E-state index in [1.165, 1.54) is 44.6 Å². The van der Waals surface area contributed by atoms with Crippen molar-refractivity contribution in [1.82, 2.24) is 0 Å². The summed E-state index contributed by atoms with van der Waals surface area (Å²) in [6.45, 7) is 4.67. The molecule has 0 saturated carbocycles. The van der Waals surface area contributed by atoms with Gasteiger partial charge < -0.3 is 35.4 Å². The normalized spacial score (nSPS) is 12.2. The van der Waals surface area contributed by atoms with Crippen molar-refractivity contribution in [1.29, 1.82) is 0 Å². The molecule has 3 aromatic rings. The van der Waals surface area contributed by atoms with Gasteiger partial charge in [0.05, 0.1) is 23.1 Å². The number of hydrogen-bond donors (Lipinski definition) is 4. The van der Waals surface area contributed by atoms with Gasteiger partial charge in [0.25, 0.3) is 5.91 Å². The molecule has 0 bridgehead atoms. The van der Waals surface area contributed by atoms with Crippen molar-refractivity contribution in [3.8, 4) is 11.5 Å².